The monoisotopic (exact) mass is 249 g/mol. The highest BCUT2D eigenvalue weighted by molar-refractivity contribution is 5.14. The van der Waals surface area contributed by atoms with Crippen LogP contribution in [-0.4, -0.2) is 29.7 Å². The average Bonchev–Trinajstić information content (AvgIpc) is 2.35. The van der Waals surface area contributed by atoms with Gasteiger partial charge in [-0.25, -0.2) is 0 Å². The fourth-order valence-corrected chi connectivity index (χ4v) is 2.01. The van der Waals surface area contributed by atoms with Crippen molar-refractivity contribution in [2.75, 3.05) is 13.6 Å². The normalized spacial score (nSPS) is 13.2. The van der Waals surface area contributed by atoms with Gasteiger partial charge in [0.2, 0.25) is 0 Å². The Labute approximate surface area is 112 Å². The van der Waals surface area contributed by atoms with E-state index in [-0.39, 0.29) is 6.10 Å². The van der Waals surface area contributed by atoms with Crippen molar-refractivity contribution in [1.29, 1.82) is 0 Å². The summed E-state index contributed by atoms with van der Waals surface area (Å²) in [5.41, 5.74) is 1.33. The minimum Gasteiger partial charge on any atom is -0.393 e. The van der Waals surface area contributed by atoms with E-state index in [1.54, 1.807) is 0 Å². The number of aliphatic hydroxyl groups is 1. The van der Waals surface area contributed by atoms with Crippen molar-refractivity contribution in [2.24, 2.45) is 5.92 Å². The molecule has 0 bridgehead atoms. The SMILES string of the molecule is CC(C)CCC(O)CCN(C)Cc1ccccc1. The van der Waals surface area contributed by atoms with Gasteiger partial charge in [-0.1, -0.05) is 44.2 Å². The largest absolute Gasteiger partial charge is 0.393 e. The summed E-state index contributed by atoms with van der Waals surface area (Å²) in [5, 5.41) is 9.89. The lowest BCUT2D eigenvalue weighted by atomic mass is 10.0. The zero-order chi connectivity index (χ0) is 13.4. The van der Waals surface area contributed by atoms with Crippen LogP contribution in [-0.2, 0) is 6.54 Å². The van der Waals surface area contributed by atoms with Crippen molar-refractivity contribution >= 4 is 0 Å². The van der Waals surface area contributed by atoms with Crippen LogP contribution in [0.3, 0.4) is 0 Å². The molecule has 18 heavy (non-hydrogen) atoms. The predicted molar refractivity (Wildman–Crippen MR) is 77.5 cm³/mol. The fourth-order valence-electron chi connectivity index (χ4n) is 2.01. The zero-order valence-corrected chi connectivity index (χ0v) is 12.0. The molecular formula is C16H27NO. The third-order valence-corrected chi connectivity index (χ3v) is 3.22. The van der Waals surface area contributed by atoms with E-state index in [2.05, 4.69) is 50.1 Å². The summed E-state index contributed by atoms with van der Waals surface area (Å²) in [6.45, 7) is 6.31. The maximum atomic E-state index is 9.89. The molecule has 102 valence electrons. The topological polar surface area (TPSA) is 23.5 Å². The lowest BCUT2D eigenvalue weighted by molar-refractivity contribution is 0.131. The van der Waals surface area contributed by atoms with Crippen LogP contribution in [0.1, 0.15) is 38.7 Å². The third-order valence-electron chi connectivity index (χ3n) is 3.22. The Kier molecular flexibility index (Phi) is 6.99. The quantitative estimate of drug-likeness (QED) is 0.764. The molecule has 0 spiro atoms. The number of hydrogen-bond donors (Lipinski definition) is 1. The van der Waals surface area contributed by atoms with Crippen LogP contribution in [0.5, 0.6) is 0 Å². The molecule has 0 fully saturated rings. The lowest BCUT2D eigenvalue weighted by Crippen LogP contribution is -2.23. The highest BCUT2D eigenvalue weighted by Crippen LogP contribution is 2.10. The molecule has 0 saturated carbocycles. The Morgan fingerprint density at radius 3 is 2.33 bits per heavy atom. The molecule has 1 unspecified atom stereocenters. The molecule has 0 aliphatic heterocycles. The summed E-state index contributed by atoms with van der Waals surface area (Å²) < 4.78 is 0. The molecule has 2 nitrogen and oxygen atoms in total. The number of hydrogen-bond acceptors (Lipinski definition) is 2. The highest BCUT2D eigenvalue weighted by Gasteiger charge is 2.07. The average molecular weight is 249 g/mol. The predicted octanol–water partition coefficient (Wildman–Crippen LogP) is 3.31. The van der Waals surface area contributed by atoms with E-state index in [9.17, 15) is 5.11 Å². The van der Waals surface area contributed by atoms with E-state index in [1.807, 2.05) is 6.07 Å². The van der Waals surface area contributed by atoms with Gasteiger partial charge in [-0.3, -0.25) is 0 Å². The first kappa shape index (κ1) is 15.2. The minimum absolute atomic E-state index is 0.148. The number of nitrogens with zero attached hydrogens (tertiary/aromatic N) is 1. The molecule has 1 aromatic rings. The first-order valence-electron chi connectivity index (χ1n) is 6.98. The number of aliphatic hydroxyl groups excluding tert-OH is 1. The van der Waals surface area contributed by atoms with Crippen molar-refractivity contribution in [3.63, 3.8) is 0 Å². The van der Waals surface area contributed by atoms with Crippen LogP contribution in [0.25, 0.3) is 0 Å². The van der Waals surface area contributed by atoms with Gasteiger partial charge >= 0.3 is 0 Å². The van der Waals surface area contributed by atoms with Crippen molar-refractivity contribution < 1.29 is 5.11 Å². The molecule has 0 amide bonds. The van der Waals surface area contributed by atoms with Crippen LogP contribution >= 0.6 is 0 Å². The first-order valence-corrected chi connectivity index (χ1v) is 6.98. The summed E-state index contributed by atoms with van der Waals surface area (Å²) in [6, 6.07) is 10.5. The van der Waals surface area contributed by atoms with Crippen molar-refractivity contribution in [2.45, 2.75) is 45.8 Å². The van der Waals surface area contributed by atoms with Gasteiger partial charge in [-0.05, 0) is 37.8 Å². The van der Waals surface area contributed by atoms with E-state index in [0.29, 0.717) is 5.92 Å². The lowest BCUT2D eigenvalue weighted by Gasteiger charge is -2.19. The van der Waals surface area contributed by atoms with E-state index in [4.69, 9.17) is 0 Å². The van der Waals surface area contributed by atoms with E-state index >= 15 is 0 Å². The molecule has 2 heteroatoms. The van der Waals surface area contributed by atoms with Crippen LogP contribution in [0.4, 0.5) is 0 Å². The van der Waals surface area contributed by atoms with Crippen molar-refractivity contribution in [3.05, 3.63) is 35.9 Å². The van der Waals surface area contributed by atoms with Gasteiger partial charge < -0.3 is 10.0 Å². The molecule has 0 aliphatic carbocycles. The molecule has 0 saturated heterocycles. The van der Waals surface area contributed by atoms with Crippen molar-refractivity contribution in [3.8, 4) is 0 Å². The van der Waals surface area contributed by atoms with Crippen LogP contribution in [0.15, 0.2) is 30.3 Å². The maximum Gasteiger partial charge on any atom is 0.0552 e. The second-order valence-corrected chi connectivity index (χ2v) is 5.64. The standard InChI is InChI=1S/C16H27NO/c1-14(2)9-10-16(18)11-12-17(3)13-15-7-5-4-6-8-15/h4-8,14,16,18H,9-13H2,1-3H3. The summed E-state index contributed by atoms with van der Waals surface area (Å²) in [7, 11) is 2.11. The Hall–Kier alpha value is -0.860. The van der Waals surface area contributed by atoms with Crippen molar-refractivity contribution in [1.82, 2.24) is 4.90 Å². The molecule has 0 radical (unpaired) electrons. The smallest absolute Gasteiger partial charge is 0.0552 e. The van der Waals surface area contributed by atoms with Gasteiger partial charge in [-0.2, -0.15) is 0 Å². The van der Waals surface area contributed by atoms with Crippen LogP contribution in [0, 0.1) is 5.92 Å². The molecular weight excluding hydrogens is 222 g/mol. The first-order chi connectivity index (χ1) is 8.58. The highest BCUT2D eigenvalue weighted by atomic mass is 16.3. The molecule has 1 N–H and O–H groups in total. The summed E-state index contributed by atoms with van der Waals surface area (Å²) >= 11 is 0. The molecule has 0 heterocycles. The Morgan fingerprint density at radius 1 is 1.06 bits per heavy atom. The number of benzene rings is 1. The van der Waals surface area contributed by atoms with E-state index in [0.717, 1.165) is 32.4 Å². The number of rotatable bonds is 8. The second-order valence-electron chi connectivity index (χ2n) is 5.64. The molecule has 1 aromatic carbocycles. The van der Waals surface area contributed by atoms with Crippen LogP contribution in [0.2, 0.25) is 0 Å². The summed E-state index contributed by atoms with van der Waals surface area (Å²) in [6.07, 6.45) is 2.77. The Morgan fingerprint density at radius 2 is 1.72 bits per heavy atom. The second kappa shape index (κ2) is 8.28. The molecule has 1 rings (SSSR count). The van der Waals surface area contributed by atoms with Gasteiger partial charge in [0.25, 0.3) is 0 Å². The summed E-state index contributed by atoms with van der Waals surface area (Å²) in [4.78, 5) is 2.27. The Balaban J connectivity index is 2.18. The van der Waals surface area contributed by atoms with E-state index < -0.39 is 0 Å². The summed E-state index contributed by atoms with van der Waals surface area (Å²) in [5.74, 6) is 0.682. The van der Waals surface area contributed by atoms with Gasteiger partial charge in [0.15, 0.2) is 0 Å². The van der Waals surface area contributed by atoms with Gasteiger partial charge in [0, 0.05) is 13.1 Å². The third kappa shape index (κ3) is 6.77. The van der Waals surface area contributed by atoms with Crippen LogP contribution < -0.4 is 0 Å². The van der Waals surface area contributed by atoms with Gasteiger partial charge in [0.1, 0.15) is 0 Å². The maximum absolute atomic E-state index is 9.89. The molecule has 1 atom stereocenters. The fraction of sp³-hybridized carbons (Fsp3) is 0.625. The zero-order valence-electron chi connectivity index (χ0n) is 12.0. The van der Waals surface area contributed by atoms with Gasteiger partial charge in [0.05, 0.1) is 6.10 Å². The molecule has 0 aromatic heterocycles. The Bertz CT molecular complexity index is 310. The van der Waals surface area contributed by atoms with Gasteiger partial charge in [-0.15, -0.1) is 0 Å². The molecule has 0 aliphatic rings. The minimum atomic E-state index is -0.148. The van der Waals surface area contributed by atoms with E-state index in [1.165, 1.54) is 5.56 Å².